The molecule has 0 saturated heterocycles. The normalized spacial score (nSPS) is 11.3. The first-order valence-electron chi connectivity index (χ1n) is 6.10. The van der Waals surface area contributed by atoms with Crippen molar-refractivity contribution in [2.45, 2.75) is 12.8 Å². The molecule has 0 atom stereocenters. The van der Waals surface area contributed by atoms with Crippen molar-refractivity contribution in [2.75, 3.05) is 32.5 Å². The molecule has 1 heterocycles. The molecular formula is C13H18FN3S. The maximum absolute atomic E-state index is 13.0. The van der Waals surface area contributed by atoms with Crippen LogP contribution in [0.4, 0.5) is 9.52 Å². The van der Waals surface area contributed by atoms with Crippen molar-refractivity contribution in [1.29, 1.82) is 0 Å². The van der Waals surface area contributed by atoms with Crippen LogP contribution in [0.2, 0.25) is 0 Å². The highest BCUT2D eigenvalue weighted by atomic mass is 32.1. The maximum atomic E-state index is 13.0. The Kier molecular flexibility index (Phi) is 4.49. The number of unbranched alkanes of at least 4 members (excludes halogenated alkanes) is 1. The van der Waals surface area contributed by atoms with E-state index < -0.39 is 0 Å². The van der Waals surface area contributed by atoms with Gasteiger partial charge in [0.25, 0.3) is 0 Å². The van der Waals surface area contributed by atoms with E-state index in [0.29, 0.717) is 0 Å². The largest absolute Gasteiger partial charge is 0.361 e. The van der Waals surface area contributed by atoms with Crippen LogP contribution in [0.3, 0.4) is 0 Å². The monoisotopic (exact) mass is 267 g/mol. The maximum Gasteiger partial charge on any atom is 0.183 e. The van der Waals surface area contributed by atoms with Crippen LogP contribution in [0.1, 0.15) is 12.8 Å². The van der Waals surface area contributed by atoms with Crippen LogP contribution in [0, 0.1) is 5.82 Å². The molecule has 2 aromatic rings. The number of thiazole rings is 1. The van der Waals surface area contributed by atoms with E-state index in [4.69, 9.17) is 0 Å². The van der Waals surface area contributed by atoms with Crippen molar-refractivity contribution in [2.24, 2.45) is 0 Å². The Morgan fingerprint density at radius 3 is 2.94 bits per heavy atom. The zero-order valence-electron chi connectivity index (χ0n) is 10.7. The van der Waals surface area contributed by atoms with Crippen LogP contribution in [0.25, 0.3) is 10.2 Å². The second kappa shape index (κ2) is 6.11. The molecule has 0 aliphatic carbocycles. The molecule has 98 valence electrons. The van der Waals surface area contributed by atoms with Gasteiger partial charge in [0.2, 0.25) is 0 Å². The van der Waals surface area contributed by atoms with Gasteiger partial charge in [-0.25, -0.2) is 9.37 Å². The number of aromatic nitrogens is 1. The molecule has 18 heavy (non-hydrogen) atoms. The number of nitrogens with zero attached hydrogens (tertiary/aromatic N) is 2. The van der Waals surface area contributed by atoms with Crippen LogP contribution in [-0.2, 0) is 0 Å². The molecule has 0 aliphatic heterocycles. The van der Waals surface area contributed by atoms with Crippen LogP contribution < -0.4 is 5.32 Å². The standard InChI is InChI=1S/C13H18FN3S/c1-17(2)8-4-3-7-15-13-16-11-9-10(14)5-6-12(11)18-13/h5-6,9H,3-4,7-8H2,1-2H3,(H,15,16). The van der Waals surface area contributed by atoms with E-state index in [1.807, 2.05) is 0 Å². The number of hydrogen-bond acceptors (Lipinski definition) is 4. The zero-order valence-corrected chi connectivity index (χ0v) is 11.6. The molecule has 0 amide bonds. The molecule has 5 heteroatoms. The molecule has 0 spiro atoms. The van der Waals surface area contributed by atoms with Crippen molar-refractivity contribution >= 4 is 26.7 Å². The molecule has 3 nitrogen and oxygen atoms in total. The van der Waals surface area contributed by atoms with Crippen molar-refractivity contribution < 1.29 is 4.39 Å². The van der Waals surface area contributed by atoms with Gasteiger partial charge in [0.1, 0.15) is 5.82 Å². The molecule has 1 aromatic heterocycles. The molecule has 0 aliphatic rings. The second-order valence-corrected chi connectivity index (χ2v) is 5.60. The second-order valence-electron chi connectivity index (χ2n) is 4.57. The summed E-state index contributed by atoms with van der Waals surface area (Å²) in [7, 11) is 4.16. The van der Waals surface area contributed by atoms with Gasteiger partial charge in [-0.15, -0.1) is 0 Å². The van der Waals surface area contributed by atoms with E-state index in [0.717, 1.165) is 34.9 Å². The quantitative estimate of drug-likeness (QED) is 0.815. The van der Waals surface area contributed by atoms with Crippen molar-refractivity contribution in [1.82, 2.24) is 9.88 Å². The van der Waals surface area contributed by atoms with Gasteiger partial charge in [0.05, 0.1) is 10.2 Å². The smallest absolute Gasteiger partial charge is 0.183 e. The van der Waals surface area contributed by atoms with E-state index in [1.54, 1.807) is 17.4 Å². The van der Waals surface area contributed by atoms with Crippen molar-refractivity contribution in [3.63, 3.8) is 0 Å². The predicted octanol–water partition coefficient (Wildman–Crippen LogP) is 3.19. The Hall–Kier alpha value is -1.20. The minimum absolute atomic E-state index is 0.231. The third-order valence-corrected chi connectivity index (χ3v) is 3.65. The van der Waals surface area contributed by atoms with Gasteiger partial charge in [0, 0.05) is 12.6 Å². The Morgan fingerprint density at radius 1 is 1.33 bits per heavy atom. The Morgan fingerprint density at radius 2 is 2.17 bits per heavy atom. The zero-order chi connectivity index (χ0) is 13.0. The van der Waals surface area contributed by atoms with Crippen LogP contribution in [0.15, 0.2) is 18.2 Å². The summed E-state index contributed by atoms with van der Waals surface area (Å²) >= 11 is 1.57. The number of halogens is 1. The number of anilines is 1. The highest BCUT2D eigenvalue weighted by Crippen LogP contribution is 2.26. The Bertz CT molecular complexity index is 510. The van der Waals surface area contributed by atoms with E-state index in [1.165, 1.54) is 18.6 Å². The van der Waals surface area contributed by atoms with Gasteiger partial charge < -0.3 is 10.2 Å². The van der Waals surface area contributed by atoms with Gasteiger partial charge in [-0.3, -0.25) is 0 Å². The first kappa shape index (κ1) is 13.2. The molecule has 0 unspecified atom stereocenters. The molecule has 2 rings (SSSR count). The van der Waals surface area contributed by atoms with Crippen LogP contribution in [-0.4, -0.2) is 37.1 Å². The Balaban J connectivity index is 1.84. The average Bonchev–Trinajstić information content (AvgIpc) is 2.70. The SMILES string of the molecule is CN(C)CCCCNc1nc2cc(F)ccc2s1. The number of hydrogen-bond donors (Lipinski definition) is 1. The topological polar surface area (TPSA) is 28.2 Å². The summed E-state index contributed by atoms with van der Waals surface area (Å²) in [5, 5.41) is 4.17. The summed E-state index contributed by atoms with van der Waals surface area (Å²) in [4.78, 5) is 6.54. The summed E-state index contributed by atoms with van der Waals surface area (Å²) in [5.74, 6) is -0.231. The van der Waals surface area contributed by atoms with Gasteiger partial charge in [-0.05, 0) is 45.6 Å². The molecule has 0 fully saturated rings. The van der Waals surface area contributed by atoms with Crippen molar-refractivity contribution in [3.05, 3.63) is 24.0 Å². The lowest BCUT2D eigenvalue weighted by Crippen LogP contribution is -2.14. The molecular weight excluding hydrogens is 249 g/mol. The predicted molar refractivity (Wildman–Crippen MR) is 75.9 cm³/mol. The minimum Gasteiger partial charge on any atom is -0.361 e. The third-order valence-electron chi connectivity index (χ3n) is 2.66. The van der Waals surface area contributed by atoms with Crippen molar-refractivity contribution in [3.8, 4) is 0 Å². The highest BCUT2D eigenvalue weighted by molar-refractivity contribution is 7.22. The van der Waals surface area contributed by atoms with E-state index in [2.05, 4.69) is 29.3 Å². The molecule has 0 radical (unpaired) electrons. The third kappa shape index (κ3) is 3.65. The summed E-state index contributed by atoms with van der Waals surface area (Å²) in [6.07, 6.45) is 2.28. The number of rotatable bonds is 6. The van der Waals surface area contributed by atoms with Gasteiger partial charge in [0.15, 0.2) is 5.13 Å². The fraction of sp³-hybridized carbons (Fsp3) is 0.462. The molecule has 0 bridgehead atoms. The highest BCUT2D eigenvalue weighted by Gasteiger charge is 2.03. The summed E-state index contributed by atoms with van der Waals surface area (Å²) in [6.45, 7) is 2.02. The number of fused-ring (bicyclic) bond motifs is 1. The fourth-order valence-electron chi connectivity index (χ4n) is 1.72. The van der Waals surface area contributed by atoms with E-state index >= 15 is 0 Å². The van der Waals surface area contributed by atoms with E-state index in [9.17, 15) is 4.39 Å². The van der Waals surface area contributed by atoms with Crippen LogP contribution >= 0.6 is 11.3 Å². The fourth-order valence-corrected chi connectivity index (χ4v) is 2.60. The lowest BCUT2D eigenvalue weighted by molar-refractivity contribution is 0.396. The van der Waals surface area contributed by atoms with Crippen LogP contribution in [0.5, 0.6) is 0 Å². The average molecular weight is 267 g/mol. The number of nitrogens with one attached hydrogen (secondary N) is 1. The first-order chi connectivity index (χ1) is 8.65. The summed E-state index contributed by atoms with van der Waals surface area (Å²) in [5.41, 5.74) is 0.732. The number of benzene rings is 1. The summed E-state index contributed by atoms with van der Waals surface area (Å²) < 4.78 is 14.0. The first-order valence-corrected chi connectivity index (χ1v) is 6.91. The molecule has 1 aromatic carbocycles. The lowest BCUT2D eigenvalue weighted by atomic mass is 10.3. The van der Waals surface area contributed by atoms with Gasteiger partial charge >= 0.3 is 0 Å². The van der Waals surface area contributed by atoms with Gasteiger partial charge in [-0.1, -0.05) is 11.3 Å². The minimum atomic E-state index is -0.231. The Labute approximate surface area is 111 Å². The summed E-state index contributed by atoms with van der Waals surface area (Å²) in [6, 6.07) is 4.73. The van der Waals surface area contributed by atoms with Gasteiger partial charge in [-0.2, -0.15) is 0 Å². The molecule has 1 N–H and O–H groups in total. The van der Waals surface area contributed by atoms with E-state index in [-0.39, 0.29) is 5.82 Å². The molecule has 0 saturated carbocycles. The lowest BCUT2D eigenvalue weighted by Gasteiger charge is -2.08.